The van der Waals surface area contributed by atoms with Crippen molar-refractivity contribution in [1.29, 1.82) is 0 Å². The molecule has 0 radical (unpaired) electrons. The normalized spacial score (nSPS) is 32.8. The van der Waals surface area contributed by atoms with E-state index in [2.05, 4.69) is 35.2 Å². The lowest BCUT2D eigenvalue weighted by atomic mass is 9.78. The minimum absolute atomic E-state index is 0.160. The summed E-state index contributed by atoms with van der Waals surface area (Å²) in [7, 11) is 2.17. The molecular weight excluding hydrogens is 250 g/mol. The predicted octanol–water partition coefficient (Wildman–Crippen LogP) is 1.52. The van der Waals surface area contributed by atoms with Gasteiger partial charge < -0.3 is 10.0 Å². The number of nitrogens with zero attached hydrogens (tertiary/aromatic N) is 2. The van der Waals surface area contributed by atoms with Gasteiger partial charge in [-0.3, -0.25) is 10.2 Å². The fraction of sp³-hybridized carbons (Fsp3) is 0.875. The Morgan fingerprint density at radius 2 is 2.15 bits per heavy atom. The van der Waals surface area contributed by atoms with E-state index in [0.29, 0.717) is 6.04 Å². The molecule has 0 bridgehead atoms. The first-order chi connectivity index (χ1) is 9.57. The van der Waals surface area contributed by atoms with Gasteiger partial charge in [0.15, 0.2) is 6.35 Å². The lowest BCUT2D eigenvalue weighted by Crippen LogP contribution is -2.59. The molecule has 2 atom stereocenters. The maximum atomic E-state index is 10.6. The Hall–Kier alpha value is -0.420. The highest BCUT2D eigenvalue weighted by Gasteiger charge is 2.38. The molecule has 1 aliphatic carbocycles. The van der Waals surface area contributed by atoms with Gasteiger partial charge in [-0.25, -0.2) is 0 Å². The van der Waals surface area contributed by atoms with Crippen molar-refractivity contribution >= 4 is 0 Å². The van der Waals surface area contributed by atoms with Crippen molar-refractivity contribution in [3.63, 3.8) is 0 Å². The van der Waals surface area contributed by atoms with E-state index >= 15 is 0 Å². The molecular formula is C16H29N3O. The van der Waals surface area contributed by atoms with Crippen LogP contribution < -0.4 is 5.32 Å². The maximum Gasteiger partial charge on any atom is 0.163 e. The molecule has 20 heavy (non-hydrogen) atoms. The average Bonchev–Trinajstić information content (AvgIpc) is 2.87. The highest BCUT2D eigenvalue weighted by atomic mass is 16.3. The molecule has 2 fully saturated rings. The van der Waals surface area contributed by atoms with Gasteiger partial charge in [0.1, 0.15) is 0 Å². The van der Waals surface area contributed by atoms with E-state index in [4.69, 9.17) is 0 Å². The second kappa shape index (κ2) is 5.76. The monoisotopic (exact) mass is 279 g/mol. The molecule has 3 rings (SSSR count). The van der Waals surface area contributed by atoms with Crippen LogP contribution in [0.5, 0.6) is 0 Å². The molecule has 1 saturated carbocycles. The highest BCUT2D eigenvalue weighted by molar-refractivity contribution is 5.17. The Balaban J connectivity index is 1.63. The van der Waals surface area contributed by atoms with Crippen LogP contribution in [0.15, 0.2) is 11.6 Å². The highest BCUT2D eigenvalue weighted by Crippen LogP contribution is 2.33. The smallest absolute Gasteiger partial charge is 0.163 e. The van der Waals surface area contributed by atoms with Crippen molar-refractivity contribution < 1.29 is 5.11 Å². The fourth-order valence-electron chi connectivity index (χ4n) is 3.82. The first-order valence-corrected chi connectivity index (χ1v) is 8.16. The number of rotatable bonds is 4. The van der Waals surface area contributed by atoms with Crippen molar-refractivity contribution in [2.75, 3.05) is 26.7 Å². The summed E-state index contributed by atoms with van der Waals surface area (Å²) in [5, 5.41) is 14.0. The van der Waals surface area contributed by atoms with Crippen molar-refractivity contribution in [3.8, 4) is 0 Å². The molecule has 1 saturated heterocycles. The van der Waals surface area contributed by atoms with Crippen LogP contribution in [0.2, 0.25) is 0 Å². The van der Waals surface area contributed by atoms with Crippen LogP contribution in [0.1, 0.15) is 45.4 Å². The first kappa shape index (κ1) is 14.5. The molecule has 2 N–H and O–H groups in total. The molecule has 0 spiro atoms. The quantitative estimate of drug-likeness (QED) is 0.604. The number of hydrogen-bond donors (Lipinski definition) is 2. The summed E-state index contributed by atoms with van der Waals surface area (Å²) in [4.78, 5) is 4.63. The standard InChI is InChI=1S/C16H29N3O/c1-16(8-4-9-16)17-15(20)19-10-3-5-14(19)13-6-11-18(2)12-7-13/h6,14-15,17,20H,3-5,7-12H2,1-2H3/t14-,15?/m0/s1. The van der Waals surface area contributed by atoms with Crippen LogP contribution in [0.4, 0.5) is 0 Å². The third-order valence-corrected chi connectivity index (χ3v) is 5.42. The van der Waals surface area contributed by atoms with Crippen molar-refractivity contribution in [2.45, 2.75) is 63.4 Å². The number of nitrogens with one attached hydrogen (secondary N) is 1. The summed E-state index contributed by atoms with van der Waals surface area (Å²) in [6.07, 6.45) is 9.13. The van der Waals surface area contributed by atoms with E-state index in [0.717, 1.165) is 26.1 Å². The molecule has 0 aromatic rings. The molecule has 3 aliphatic rings. The zero-order valence-corrected chi connectivity index (χ0v) is 12.9. The summed E-state index contributed by atoms with van der Waals surface area (Å²) in [5.41, 5.74) is 1.70. The van der Waals surface area contributed by atoms with Gasteiger partial charge in [0.05, 0.1) is 0 Å². The third kappa shape index (κ3) is 2.93. The van der Waals surface area contributed by atoms with Crippen molar-refractivity contribution in [1.82, 2.24) is 15.1 Å². The molecule has 2 heterocycles. The lowest BCUT2D eigenvalue weighted by molar-refractivity contribution is -0.0565. The van der Waals surface area contributed by atoms with E-state index in [-0.39, 0.29) is 5.54 Å². The average molecular weight is 279 g/mol. The summed E-state index contributed by atoms with van der Waals surface area (Å²) in [6.45, 7) is 5.46. The fourth-order valence-corrected chi connectivity index (χ4v) is 3.82. The Labute approximate surface area is 122 Å². The van der Waals surface area contributed by atoms with Gasteiger partial charge >= 0.3 is 0 Å². The molecule has 1 unspecified atom stereocenters. The number of hydrogen-bond acceptors (Lipinski definition) is 4. The van der Waals surface area contributed by atoms with Gasteiger partial charge in [0.25, 0.3) is 0 Å². The van der Waals surface area contributed by atoms with Crippen molar-refractivity contribution in [2.24, 2.45) is 0 Å². The Morgan fingerprint density at radius 1 is 1.35 bits per heavy atom. The Bertz CT molecular complexity index is 378. The molecule has 0 aromatic carbocycles. The Kier molecular flexibility index (Phi) is 4.18. The summed E-state index contributed by atoms with van der Waals surface area (Å²) < 4.78 is 0. The van der Waals surface area contributed by atoms with E-state index in [1.165, 1.54) is 32.1 Å². The van der Waals surface area contributed by atoms with Crippen LogP contribution in [0.25, 0.3) is 0 Å². The second-order valence-corrected chi connectivity index (χ2v) is 7.12. The first-order valence-electron chi connectivity index (χ1n) is 8.16. The zero-order chi connectivity index (χ0) is 14.2. The van der Waals surface area contributed by atoms with Crippen LogP contribution in [-0.2, 0) is 0 Å². The lowest BCUT2D eigenvalue weighted by Gasteiger charge is -2.44. The molecule has 0 aromatic heterocycles. The SMILES string of the molecule is CN1CC=C([C@@H]2CCCN2C(O)NC2(C)CCC2)CC1. The van der Waals surface area contributed by atoms with E-state index in [9.17, 15) is 5.11 Å². The minimum atomic E-state index is -0.478. The number of aliphatic hydroxyl groups is 1. The third-order valence-electron chi connectivity index (χ3n) is 5.42. The zero-order valence-electron chi connectivity index (χ0n) is 12.9. The van der Waals surface area contributed by atoms with Crippen LogP contribution >= 0.6 is 0 Å². The molecule has 4 nitrogen and oxygen atoms in total. The van der Waals surface area contributed by atoms with E-state index in [1.807, 2.05) is 0 Å². The van der Waals surface area contributed by atoms with Gasteiger partial charge in [-0.2, -0.15) is 0 Å². The number of aliphatic hydroxyl groups excluding tert-OH is 1. The summed E-state index contributed by atoms with van der Waals surface area (Å²) in [5.74, 6) is 0. The maximum absolute atomic E-state index is 10.6. The second-order valence-electron chi connectivity index (χ2n) is 7.12. The van der Waals surface area contributed by atoms with Gasteiger partial charge in [-0.15, -0.1) is 0 Å². The largest absolute Gasteiger partial charge is 0.365 e. The van der Waals surface area contributed by atoms with Crippen LogP contribution in [0, 0.1) is 0 Å². The molecule has 2 aliphatic heterocycles. The van der Waals surface area contributed by atoms with Gasteiger partial charge in [0, 0.05) is 31.2 Å². The van der Waals surface area contributed by atoms with Gasteiger partial charge in [0.2, 0.25) is 0 Å². The number of likely N-dealkylation sites (tertiary alicyclic amines) is 1. The summed E-state index contributed by atoms with van der Waals surface area (Å²) >= 11 is 0. The predicted molar refractivity (Wildman–Crippen MR) is 81.3 cm³/mol. The van der Waals surface area contributed by atoms with E-state index in [1.54, 1.807) is 5.57 Å². The van der Waals surface area contributed by atoms with Crippen LogP contribution in [-0.4, -0.2) is 59.5 Å². The van der Waals surface area contributed by atoms with Crippen LogP contribution in [0.3, 0.4) is 0 Å². The minimum Gasteiger partial charge on any atom is -0.365 e. The van der Waals surface area contributed by atoms with Gasteiger partial charge in [-0.05, 0) is 52.5 Å². The van der Waals surface area contributed by atoms with Crippen molar-refractivity contribution in [3.05, 3.63) is 11.6 Å². The van der Waals surface area contributed by atoms with Gasteiger partial charge in [-0.1, -0.05) is 11.6 Å². The Morgan fingerprint density at radius 3 is 2.75 bits per heavy atom. The molecule has 4 heteroatoms. The number of likely N-dealkylation sites (N-methyl/N-ethyl adjacent to an activating group) is 1. The van der Waals surface area contributed by atoms with E-state index < -0.39 is 6.35 Å². The molecule has 114 valence electrons. The summed E-state index contributed by atoms with van der Waals surface area (Å²) in [6, 6.07) is 0.454. The topological polar surface area (TPSA) is 38.7 Å². The molecule has 0 amide bonds.